The van der Waals surface area contributed by atoms with Crippen molar-refractivity contribution in [3.8, 4) is 5.75 Å². The maximum atomic E-state index is 8.92. The molecular weight excluding hydrogens is 335 g/mol. The van der Waals surface area contributed by atoms with Crippen molar-refractivity contribution < 1.29 is 44.5 Å². The van der Waals surface area contributed by atoms with E-state index in [0.717, 1.165) is 51.6 Å². The molecule has 21 heavy (non-hydrogen) atoms. The SMILES string of the molecule is OCC[NH+]1CC[NH+](CCOc2cccc(Cl)c2)CC1.[Cl-].[Cl-]. The molecule has 1 fully saturated rings. The molecule has 0 amide bonds. The summed E-state index contributed by atoms with van der Waals surface area (Å²) in [5.41, 5.74) is 0. The summed E-state index contributed by atoms with van der Waals surface area (Å²) in [7, 11) is 0. The minimum Gasteiger partial charge on any atom is -1.00 e. The fourth-order valence-corrected chi connectivity index (χ4v) is 2.67. The summed E-state index contributed by atoms with van der Waals surface area (Å²) >= 11 is 5.91. The third-order valence-corrected chi connectivity index (χ3v) is 3.89. The van der Waals surface area contributed by atoms with Gasteiger partial charge in [-0.2, -0.15) is 0 Å². The molecular formula is C14H23Cl3N2O2. The number of halogens is 3. The Balaban J connectivity index is 0.00000200. The Kier molecular flexibility index (Phi) is 11.2. The Morgan fingerprint density at radius 1 is 1.05 bits per heavy atom. The number of quaternary nitrogens is 2. The zero-order valence-electron chi connectivity index (χ0n) is 12.0. The molecule has 7 heteroatoms. The molecule has 1 aromatic rings. The quantitative estimate of drug-likeness (QED) is 0.473. The molecule has 3 N–H and O–H groups in total. The van der Waals surface area contributed by atoms with Gasteiger partial charge in [0.2, 0.25) is 0 Å². The van der Waals surface area contributed by atoms with Gasteiger partial charge in [0, 0.05) is 5.02 Å². The van der Waals surface area contributed by atoms with Crippen LogP contribution in [0.2, 0.25) is 5.02 Å². The highest BCUT2D eigenvalue weighted by Crippen LogP contribution is 2.16. The van der Waals surface area contributed by atoms with Gasteiger partial charge in [-0.25, -0.2) is 0 Å². The number of ether oxygens (including phenoxy) is 1. The number of aliphatic hydroxyl groups excluding tert-OH is 1. The van der Waals surface area contributed by atoms with Gasteiger partial charge in [-0.1, -0.05) is 17.7 Å². The Hall–Kier alpha value is -0.230. The molecule has 1 aliphatic heterocycles. The largest absolute Gasteiger partial charge is 1.00 e. The lowest BCUT2D eigenvalue weighted by atomic mass is 10.3. The highest BCUT2D eigenvalue weighted by molar-refractivity contribution is 6.30. The van der Waals surface area contributed by atoms with Crippen molar-refractivity contribution in [3.05, 3.63) is 29.3 Å². The minimum absolute atomic E-state index is 0. The standard InChI is InChI=1S/C14H21ClN2O2.2ClH/c15-13-2-1-3-14(12-13)19-11-9-17-6-4-16(5-7-17)8-10-18;;/h1-3,12,18H,4-11H2;2*1H. The van der Waals surface area contributed by atoms with E-state index in [1.54, 1.807) is 4.90 Å². The van der Waals surface area contributed by atoms with Gasteiger partial charge < -0.3 is 44.5 Å². The van der Waals surface area contributed by atoms with Crippen molar-refractivity contribution in [2.45, 2.75) is 0 Å². The Morgan fingerprint density at radius 3 is 2.24 bits per heavy atom. The highest BCUT2D eigenvalue weighted by atomic mass is 35.5. The summed E-state index contributed by atoms with van der Waals surface area (Å²) in [4.78, 5) is 3.10. The Labute approximate surface area is 143 Å². The summed E-state index contributed by atoms with van der Waals surface area (Å²) in [6, 6.07) is 7.54. The predicted molar refractivity (Wildman–Crippen MR) is 75.2 cm³/mol. The average molecular weight is 358 g/mol. The molecule has 0 aromatic heterocycles. The van der Waals surface area contributed by atoms with Crippen LogP contribution in [0.15, 0.2) is 24.3 Å². The number of aliphatic hydroxyl groups is 1. The van der Waals surface area contributed by atoms with Gasteiger partial charge >= 0.3 is 0 Å². The number of piperazine rings is 1. The predicted octanol–water partition coefficient (Wildman–Crippen LogP) is -7.50. The van der Waals surface area contributed by atoms with E-state index in [4.69, 9.17) is 21.4 Å². The summed E-state index contributed by atoms with van der Waals surface area (Å²) in [6.07, 6.45) is 0. The van der Waals surface area contributed by atoms with E-state index in [1.165, 1.54) is 4.90 Å². The third kappa shape index (κ3) is 7.54. The fraction of sp³-hybridized carbons (Fsp3) is 0.571. The first-order valence-corrected chi connectivity index (χ1v) is 7.32. The summed E-state index contributed by atoms with van der Waals surface area (Å²) in [6.45, 7) is 7.54. The molecule has 0 bridgehead atoms. The molecule has 1 aliphatic rings. The molecule has 0 unspecified atom stereocenters. The normalized spacial score (nSPS) is 21.0. The van der Waals surface area contributed by atoms with E-state index in [1.807, 2.05) is 24.3 Å². The van der Waals surface area contributed by atoms with Crippen molar-refractivity contribution in [1.82, 2.24) is 0 Å². The van der Waals surface area contributed by atoms with E-state index < -0.39 is 0 Å². The van der Waals surface area contributed by atoms with E-state index in [2.05, 4.69) is 0 Å². The number of hydrogen-bond donors (Lipinski definition) is 3. The lowest BCUT2D eigenvalue weighted by Gasteiger charge is -2.29. The van der Waals surface area contributed by atoms with Gasteiger partial charge in [0.05, 0.1) is 6.61 Å². The van der Waals surface area contributed by atoms with E-state index in [9.17, 15) is 0 Å². The molecule has 0 saturated carbocycles. The van der Waals surface area contributed by atoms with Crippen molar-refractivity contribution in [2.75, 3.05) is 52.5 Å². The Morgan fingerprint density at radius 2 is 1.67 bits per heavy atom. The van der Waals surface area contributed by atoms with Gasteiger partial charge in [0.15, 0.2) is 0 Å². The van der Waals surface area contributed by atoms with Gasteiger partial charge in [-0.3, -0.25) is 0 Å². The van der Waals surface area contributed by atoms with Crippen LogP contribution in [0, 0.1) is 0 Å². The number of rotatable bonds is 6. The topological polar surface area (TPSA) is 38.3 Å². The van der Waals surface area contributed by atoms with Gasteiger partial charge in [0.25, 0.3) is 0 Å². The molecule has 0 spiro atoms. The maximum absolute atomic E-state index is 8.92. The highest BCUT2D eigenvalue weighted by Gasteiger charge is 2.21. The first-order chi connectivity index (χ1) is 9.28. The van der Waals surface area contributed by atoms with Gasteiger partial charge in [-0.15, -0.1) is 0 Å². The van der Waals surface area contributed by atoms with Crippen LogP contribution in [-0.4, -0.2) is 57.6 Å². The van der Waals surface area contributed by atoms with Crippen LogP contribution in [0.4, 0.5) is 0 Å². The zero-order valence-corrected chi connectivity index (χ0v) is 14.2. The monoisotopic (exact) mass is 356 g/mol. The van der Waals surface area contributed by atoms with Gasteiger partial charge in [-0.05, 0) is 18.2 Å². The Bertz CT molecular complexity index is 388. The van der Waals surface area contributed by atoms with Crippen LogP contribution >= 0.6 is 11.6 Å². The molecule has 1 saturated heterocycles. The van der Waals surface area contributed by atoms with Crippen LogP contribution in [0.3, 0.4) is 0 Å². The van der Waals surface area contributed by atoms with Crippen molar-refractivity contribution in [3.63, 3.8) is 0 Å². The smallest absolute Gasteiger partial charge is 0.137 e. The molecule has 122 valence electrons. The second-order valence-electron chi connectivity index (χ2n) is 5.03. The molecule has 0 aliphatic carbocycles. The molecule has 4 nitrogen and oxygen atoms in total. The van der Waals surface area contributed by atoms with Crippen LogP contribution in [0.25, 0.3) is 0 Å². The summed E-state index contributed by atoms with van der Waals surface area (Å²) < 4.78 is 5.71. The number of nitrogens with one attached hydrogen (secondary N) is 2. The lowest BCUT2D eigenvalue weighted by molar-refractivity contribution is -1.01. The molecule has 1 aromatic carbocycles. The van der Waals surface area contributed by atoms with E-state index >= 15 is 0 Å². The molecule has 0 radical (unpaired) electrons. The minimum atomic E-state index is 0. The summed E-state index contributed by atoms with van der Waals surface area (Å²) in [5, 5.41) is 9.63. The van der Waals surface area contributed by atoms with Crippen molar-refractivity contribution in [1.29, 1.82) is 0 Å². The molecule has 0 atom stereocenters. The first-order valence-electron chi connectivity index (χ1n) is 6.94. The fourth-order valence-electron chi connectivity index (χ4n) is 2.49. The van der Waals surface area contributed by atoms with Crippen LogP contribution in [0.5, 0.6) is 5.75 Å². The molecule has 2 rings (SSSR count). The second-order valence-corrected chi connectivity index (χ2v) is 5.47. The van der Waals surface area contributed by atoms with Gasteiger partial charge in [0.1, 0.15) is 51.6 Å². The van der Waals surface area contributed by atoms with Crippen LogP contribution in [0.1, 0.15) is 0 Å². The van der Waals surface area contributed by atoms with Crippen molar-refractivity contribution >= 4 is 11.6 Å². The maximum Gasteiger partial charge on any atom is 0.137 e. The average Bonchev–Trinajstić information content (AvgIpc) is 2.41. The zero-order chi connectivity index (χ0) is 13.5. The summed E-state index contributed by atoms with van der Waals surface area (Å²) in [5.74, 6) is 0.844. The van der Waals surface area contributed by atoms with Crippen LogP contribution in [-0.2, 0) is 0 Å². The number of benzene rings is 1. The van der Waals surface area contributed by atoms with Crippen molar-refractivity contribution in [2.24, 2.45) is 0 Å². The first kappa shape index (κ1) is 20.8. The lowest BCUT2D eigenvalue weighted by Crippen LogP contribution is -3.28. The third-order valence-electron chi connectivity index (χ3n) is 3.65. The van der Waals surface area contributed by atoms with Crippen LogP contribution < -0.4 is 39.4 Å². The second kappa shape index (κ2) is 11.4. The molecule has 1 heterocycles. The number of hydrogen-bond acceptors (Lipinski definition) is 2. The van der Waals surface area contributed by atoms with E-state index in [-0.39, 0.29) is 24.8 Å². The van der Waals surface area contributed by atoms with E-state index in [0.29, 0.717) is 11.6 Å².